The molecule has 0 atom stereocenters. The van der Waals surface area contributed by atoms with Crippen LogP contribution < -0.4 is 0 Å². The molecule has 0 N–H and O–H groups in total. The summed E-state index contributed by atoms with van der Waals surface area (Å²) >= 11 is 0. The van der Waals surface area contributed by atoms with E-state index in [9.17, 15) is 8.78 Å². The summed E-state index contributed by atoms with van der Waals surface area (Å²) in [4.78, 5) is 0. The van der Waals surface area contributed by atoms with Gasteiger partial charge in [0.1, 0.15) is 0 Å². The third kappa shape index (κ3) is 2.77. The van der Waals surface area contributed by atoms with Gasteiger partial charge in [0.25, 0.3) is 5.92 Å². The lowest BCUT2D eigenvalue weighted by Gasteiger charge is -2.16. The van der Waals surface area contributed by atoms with E-state index in [0.29, 0.717) is 5.92 Å². The molecule has 0 nitrogen and oxygen atoms in total. The van der Waals surface area contributed by atoms with Crippen molar-refractivity contribution in [2.24, 2.45) is 0 Å². The van der Waals surface area contributed by atoms with E-state index in [-0.39, 0.29) is 5.56 Å². The van der Waals surface area contributed by atoms with Gasteiger partial charge in [0.05, 0.1) is 0 Å². The molecule has 0 heterocycles. The Morgan fingerprint density at radius 3 is 2.27 bits per heavy atom. The molecule has 1 rings (SSSR count). The number of alkyl halides is 2. The fourth-order valence-electron chi connectivity index (χ4n) is 1.75. The van der Waals surface area contributed by atoms with Crippen molar-refractivity contribution >= 4 is 0 Å². The highest BCUT2D eigenvalue weighted by Crippen LogP contribution is 2.30. The average Bonchev–Trinajstić information content (AvgIpc) is 2.15. The molecule has 0 aromatic heterocycles. The first-order chi connectivity index (χ1) is 6.86. The quantitative estimate of drug-likeness (QED) is 0.692. The molecule has 0 spiro atoms. The number of hydrogen-bond donors (Lipinski definition) is 0. The molecule has 1 aromatic carbocycles. The first-order valence-electron chi connectivity index (χ1n) is 5.37. The van der Waals surface area contributed by atoms with Gasteiger partial charge in [-0.3, -0.25) is 0 Å². The summed E-state index contributed by atoms with van der Waals surface area (Å²) in [6.07, 6.45) is 0.803. The number of halogens is 2. The van der Waals surface area contributed by atoms with Crippen LogP contribution >= 0.6 is 0 Å². The third-order valence-electron chi connectivity index (χ3n) is 2.65. The Hall–Kier alpha value is -0.920. The predicted molar refractivity (Wildman–Crippen MR) is 59.5 cm³/mol. The molecular weight excluding hydrogens is 194 g/mol. The molecule has 1 aromatic rings. The maximum Gasteiger partial charge on any atom is 0.270 e. The first kappa shape index (κ1) is 12.2. The van der Waals surface area contributed by atoms with Crippen molar-refractivity contribution in [1.29, 1.82) is 0 Å². The molecule has 2 heteroatoms. The largest absolute Gasteiger partial charge is 0.270 e. The highest BCUT2D eigenvalue weighted by Gasteiger charge is 2.24. The van der Waals surface area contributed by atoms with Gasteiger partial charge in [-0.25, -0.2) is 8.78 Å². The zero-order valence-electron chi connectivity index (χ0n) is 9.77. The monoisotopic (exact) mass is 212 g/mol. The van der Waals surface area contributed by atoms with Crippen molar-refractivity contribution in [2.75, 3.05) is 0 Å². The SMILES string of the molecule is CCc1cc(C(C)(F)F)ccc1C(C)C. The van der Waals surface area contributed by atoms with Crippen molar-refractivity contribution in [1.82, 2.24) is 0 Å². The van der Waals surface area contributed by atoms with Crippen molar-refractivity contribution < 1.29 is 8.78 Å². The maximum atomic E-state index is 13.1. The Morgan fingerprint density at radius 1 is 1.27 bits per heavy atom. The van der Waals surface area contributed by atoms with Crippen LogP contribution in [0.15, 0.2) is 18.2 Å². The predicted octanol–water partition coefficient (Wildman–Crippen LogP) is 4.48. The molecule has 0 saturated carbocycles. The van der Waals surface area contributed by atoms with Gasteiger partial charge in [-0.2, -0.15) is 0 Å². The van der Waals surface area contributed by atoms with Crippen molar-refractivity contribution in [2.45, 2.75) is 46.0 Å². The Labute approximate surface area is 90.3 Å². The van der Waals surface area contributed by atoms with E-state index in [0.717, 1.165) is 18.9 Å². The molecule has 0 unspecified atom stereocenters. The summed E-state index contributed by atoms with van der Waals surface area (Å²) in [6, 6.07) is 5.00. The number of hydrogen-bond acceptors (Lipinski definition) is 0. The van der Waals surface area contributed by atoms with Gasteiger partial charge >= 0.3 is 0 Å². The van der Waals surface area contributed by atoms with Crippen molar-refractivity contribution in [3.05, 3.63) is 34.9 Å². The Morgan fingerprint density at radius 2 is 1.87 bits per heavy atom. The van der Waals surface area contributed by atoms with E-state index >= 15 is 0 Å². The van der Waals surface area contributed by atoms with E-state index in [2.05, 4.69) is 13.8 Å². The summed E-state index contributed by atoms with van der Waals surface area (Å²) in [5.41, 5.74) is 2.32. The van der Waals surface area contributed by atoms with Gasteiger partial charge < -0.3 is 0 Å². The molecule has 0 aliphatic heterocycles. The summed E-state index contributed by atoms with van der Waals surface area (Å²) in [5.74, 6) is -2.35. The molecule has 15 heavy (non-hydrogen) atoms. The van der Waals surface area contributed by atoms with Gasteiger partial charge in [0, 0.05) is 12.5 Å². The summed E-state index contributed by atoms with van der Waals surface area (Å²) in [5, 5.41) is 0. The fraction of sp³-hybridized carbons (Fsp3) is 0.538. The van der Waals surface area contributed by atoms with E-state index in [1.807, 2.05) is 13.0 Å². The molecule has 0 bridgehead atoms. The van der Waals surface area contributed by atoms with Gasteiger partial charge in [-0.15, -0.1) is 0 Å². The molecule has 0 saturated heterocycles. The van der Waals surface area contributed by atoms with E-state index < -0.39 is 5.92 Å². The lowest BCUT2D eigenvalue weighted by Crippen LogP contribution is -2.08. The number of aryl methyl sites for hydroxylation is 1. The zero-order chi connectivity index (χ0) is 11.6. The number of rotatable bonds is 3. The highest BCUT2D eigenvalue weighted by atomic mass is 19.3. The smallest absolute Gasteiger partial charge is 0.202 e. The summed E-state index contributed by atoms with van der Waals surface area (Å²) in [7, 11) is 0. The van der Waals surface area contributed by atoms with E-state index in [1.165, 1.54) is 11.6 Å². The van der Waals surface area contributed by atoms with Crippen LogP contribution in [0.1, 0.15) is 50.3 Å². The van der Waals surface area contributed by atoms with Gasteiger partial charge in [0.2, 0.25) is 0 Å². The summed E-state index contributed by atoms with van der Waals surface area (Å²) < 4.78 is 26.2. The highest BCUT2D eigenvalue weighted by molar-refractivity contribution is 5.35. The van der Waals surface area contributed by atoms with Crippen molar-refractivity contribution in [3.8, 4) is 0 Å². The van der Waals surface area contributed by atoms with Gasteiger partial charge in [-0.05, 0) is 29.5 Å². The third-order valence-corrected chi connectivity index (χ3v) is 2.65. The second-order valence-electron chi connectivity index (χ2n) is 4.31. The second kappa shape index (κ2) is 4.30. The van der Waals surface area contributed by atoms with Crippen molar-refractivity contribution in [3.63, 3.8) is 0 Å². The average molecular weight is 212 g/mol. The molecule has 0 radical (unpaired) electrons. The Balaban J connectivity index is 3.19. The summed E-state index contributed by atoms with van der Waals surface area (Å²) in [6.45, 7) is 7.10. The lowest BCUT2D eigenvalue weighted by atomic mass is 9.93. The molecular formula is C13H18F2. The maximum absolute atomic E-state index is 13.1. The minimum atomic E-state index is -2.74. The van der Waals surface area contributed by atoms with E-state index in [1.54, 1.807) is 6.07 Å². The molecule has 84 valence electrons. The normalized spacial score (nSPS) is 12.2. The lowest BCUT2D eigenvalue weighted by molar-refractivity contribution is 0.0174. The van der Waals surface area contributed by atoms with E-state index in [4.69, 9.17) is 0 Å². The van der Waals surface area contributed by atoms with Crippen LogP contribution in [-0.4, -0.2) is 0 Å². The van der Waals surface area contributed by atoms with Crippen LogP contribution in [-0.2, 0) is 12.3 Å². The Bertz CT molecular complexity index is 335. The second-order valence-corrected chi connectivity index (χ2v) is 4.31. The topological polar surface area (TPSA) is 0 Å². The van der Waals surface area contributed by atoms with Crippen LogP contribution in [0.2, 0.25) is 0 Å². The molecule has 0 aliphatic rings. The van der Waals surface area contributed by atoms with Crippen LogP contribution in [0.5, 0.6) is 0 Å². The van der Waals surface area contributed by atoms with Gasteiger partial charge in [0.15, 0.2) is 0 Å². The van der Waals surface area contributed by atoms with Crippen LogP contribution in [0.4, 0.5) is 8.78 Å². The first-order valence-corrected chi connectivity index (χ1v) is 5.37. The minimum Gasteiger partial charge on any atom is -0.202 e. The van der Waals surface area contributed by atoms with Crippen LogP contribution in [0.25, 0.3) is 0 Å². The zero-order valence-corrected chi connectivity index (χ0v) is 9.77. The standard InChI is InChI=1S/C13H18F2/c1-5-10-8-11(13(4,14)15)6-7-12(10)9(2)3/h6-9H,5H2,1-4H3. The minimum absolute atomic E-state index is 0.115. The number of benzene rings is 1. The fourth-order valence-corrected chi connectivity index (χ4v) is 1.75. The van der Waals surface area contributed by atoms with Crippen LogP contribution in [0, 0.1) is 0 Å². The van der Waals surface area contributed by atoms with Gasteiger partial charge in [-0.1, -0.05) is 32.9 Å². The molecule has 0 amide bonds. The molecule has 0 fully saturated rings. The molecule has 0 aliphatic carbocycles. The Kier molecular flexibility index (Phi) is 3.48. The van der Waals surface area contributed by atoms with Crippen LogP contribution in [0.3, 0.4) is 0 Å².